The number of fused-ring (bicyclic) bond motifs is 1. The number of hydrogen-bond acceptors (Lipinski definition) is 4. The van der Waals surface area contributed by atoms with Gasteiger partial charge in [0.2, 0.25) is 5.91 Å². The van der Waals surface area contributed by atoms with Crippen LogP contribution in [0.2, 0.25) is 0 Å². The first-order valence-corrected chi connectivity index (χ1v) is 5.16. The SMILES string of the molecule is COC(=O)C12CCNCC1N(C)C(=O)C2. The van der Waals surface area contributed by atoms with E-state index in [1.54, 1.807) is 11.9 Å². The van der Waals surface area contributed by atoms with Gasteiger partial charge in [0.05, 0.1) is 18.6 Å². The molecule has 0 saturated carbocycles. The fourth-order valence-electron chi connectivity index (χ4n) is 2.71. The molecule has 2 rings (SSSR count). The minimum atomic E-state index is -0.605. The van der Waals surface area contributed by atoms with Crippen LogP contribution in [-0.4, -0.2) is 50.1 Å². The summed E-state index contributed by atoms with van der Waals surface area (Å²) in [6, 6.07) is -0.0498. The summed E-state index contributed by atoms with van der Waals surface area (Å²) in [6.07, 6.45) is 0.975. The van der Waals surface area contributed by atoms with E-state index >= 15 is 0 Å². The molecule has 0 bridgehead atoms. The Labute approximate surface area is 88.8 Å². The number of likely N-dealkylation sites (N-methyl/N-ethyl adjacent to an activating group) is 1. The quantitative estimate of drug-likeness (QED) is 0.588. The first-order chi connectivity index (χ1) is 7.12. The highest BCUT2D eigenvalue weighted by Crippen LogP contribution is 2.42. The van der Waals surface area contributed by atoms with Crippen molar-refractivity contribution in [1.82, 2.24) is 10.2 Å². The summed E-state index contributed by atoms with van der Waals surface area (Å²) in [6.45, 7) is 1.45. The number of amides is 1. The Kier molecular flexibility index (Phi) is 2.42. The average Bonchev–Trinajstić information content (AvgIpc) is 2.52. The molecule has 0 aliphatic carbocycles. The van der Waals surface area contributed by atoms with Gasteiger partial charge < -0.3 is 15.0 Å². The molecule has 0 aromatic rings. The number of esters is 1. The van der Waals surface area contributed by atoms with Gasteiger partial charge in [0.1, 0.15) is 0 Å². The maximum atomic E-state index is 11.8. The third-order valence-corrected chi connectivity index (χ3v) is 3.64. The fourth-order valence-corrected chi connectivity index (χ4v) is 2.71. The molecule has 2 aliphatic rings. The van der Waals surface area contributed by atoms with Crippen molar-refractivity contribution in [2.75, 3.05) is 27.2 Å². The predicted octanol–water partition coefficient (Wildman–Crippen LogP) is -0.630. The minimum Gasteiger partial charge on any atom is -0.469 e. The molecule has 5 heteroatoms. The van der Waals surface area contributed by atoms with E-state index in [1.165, 1.54) is 7.11 Å². The van der Waals surface area contributed by atoms with E-state index < -0.39 is 5.41 Å². The number of rotatable bonds is 1. The number of likely N-dealkylation sites (tertiary alicyclic amines) is 1. The van der Waals surface area contributed by atoms with Crippen LogP contribution in [0.5, 0.6) is 0 Å². The number of piperidine rings is 1. The number of nitrogens with one attached hydrogen (secondary N) is 1. The maximum Gasteiger partial charge on any atom is 0.314 e. The zero-order valence-corrected chi connectivity index (χ0v) is 9.08. The Balaban J connectivity index is 2.33. The molecule has 5 nitrogen and oxygen atoms in total. The Bertz CT molecular complexity index is 305. The zero-order valence-electron chi connectivity index (χ0n) is 9.08. The monoisotopic (exact) mass is 212 g/mol. The van der Waals surface area contributed by atoms with Crippen molar-refractivity contribution in [3.05, 3.63) is 0 Å². The van der Waals surface area contributed by atoms with E-state index in [9.17, 15) is 9.59 Å². The molecule has 2 saturated heterocycles. The molecule has 2 unspecified atom stereocenters. The highest BCUT2D eigenvalue weighted by molar-refractivity contribution is 5.90. The summed E-state index contributed by atoms with van der Waals surface area (Å²) in [7, 11) is 3.14. The lowest BCUT2D eigenvalue weighted by Gasteiger charge is -2.38. The van der Waals surface area contributed by atoms with Crippen molar-refractivity contribution in [3.63, 3.8) is 0 Å². The third-order valence-electron chi connectivity index (χ3n) is 3.64. The van der Waals surface area contributed by atoms with Gasteiger partial charge in [-0.3, -0.25) is 9.59 Å². The molecule has 1 N–H and O–H groups in total. The molecular weight excluding hydrogens is 196 g/mol. The van der Waals surface area contributed by atoms with Crippen LogP contribution in [0.25, 0.3) is 0 Å². The Morgan fingerprint density at radius 2 is 2.40 bits per heavy atom. The highest BCUT2D eigenvalue weighted by Gasteiger charge is 2.57. The number of hydrogen-bond donors (Lipinski definition) is 1. The second-order valence-electron chi connectivity index (χ2n) is 4.30. The van der Waals surface area contributed by atoms with E-state index in [2.05, 4.69) is 5.32 Å². The van der Waals surface area contributed by atoms with Gasteiger partial charge in [-0.2, -0.15) is 0 Å². The first-order valence-electron chi connectivity index (χ1n) is 5.16. The average molecular weight is 212 g/mol. The van der Waals surface area contributed by atoms with Crippen LogP contribution in [0.15, 0.2) is 0 Å². The van der Waals surface area contributed by atoms with Gasteiger partial charge in [-0.05, 0) is 13.0 Å². The van der Waals surface area contributed by atoms with E-state index in [0.29, 0.717) is 19.4 Å². The topological polar surface area (TPSA) is 58.6 Å². The van der Waals surface area contributed by atoms with Crippen molar-refractivity contribution in [1.29, 1.82) is 0 Å². The van der Waals surface area contributed by atoms with Crippen molar-refractivity contribution >= 4 is 11.9 Å². The number of carbonyl (C=O) groups excluding carboxylic acids is 2. The van der Waals surface area contributed by atoms with Crippen molar-refractivity contribution in [3.8, 4) is 0 Å². The third kappa shape index (κ3) is 1.33. The smallest absolute Gasteiger partial charge is 0.314 e. The molecule has 2 atom stereocenters. The fraction of sp³-hybridized carbons (Fsp3) is 0.800. The molecule has 2 aliphatic heterocycles. The molecule has 2 fully saturated rings. The van der Waals surface area contributed by atoms with E-state index in [1.807, 2.05) is 0 Å². The van der Waals surface area contributed by atoms with Gasteiger partial charge in [0, 0.05) is 20.0 Å². The summed E-state index contributed by atoms with van der Waals surface area (Å²) >= 11 is 0. The van der Waals surface area contributed by atoms with Gasteiger partial charge in [-0.15, -0.1) is 0 Å². The predicted molar refractivity (Wildman–Crippen MR) is 53.1 cm³/mol. The Hall–Kier alpha value is -1.10. The second-order valence-corrected chi connectivity index (χ2v) is 4.30. The van der Waals surface area contributed by atoms with E-state index in [-0.39, 0.29) is 17.9 Å². The van der Waals surface area contributed by atoms with Crippen LogP contribution in [0.4, 0.5) is 0 Å². The minimum absolute atomic E-state index is 0.0362. The normalized spacial score (nSPS) is 35.2. The molecule has 84 valence electrons. The van der Waals surface area contributed by atoms with Crippen molar-refractivity contribution in [2.24, 2.45) is 5.41 Å². The van der Waals surface area contributed by atoms with Crippen LogP contribution in [0, 0.1) is 5.41 Å². The lowest BCUT2D eigenvalue weighted by Crippen LogP contribution is -2.54. The second kappa shape index (κ2) is 3.48. The number of carbonyl (C=O) groups is 2. The molecule has 0 aromatic heterocycles. The molecule has 0 spiro atoms. The molecule has 0 radical (unpaired) electrons. The summed E-state index contributed by atoms with van der Waals surface area (Å²) in [5.74, 6) is -0.208. The van der Waals surface area contributed by atoms with E-state index in [4.69, 9.17) is 4.74 Å². The summed E-state index contributed by atoms with van der Waals surface area (Å²) in [5, 5.41) is 3.21. The van der Waals surface area contributed by atoms with E-state index in [0.717, 1.165) is 6.54 Å². The summed E-state index contributed by atoms with van der Waals surface area (Å²) in [4.78, 5) is 25.2. The highest BCUT2D eigenvalue weighted by atomic mass is 16.5. The van der Waals surface area contributed by atoms with Gasteiger partial charge in [-0.1, -0.05) is 0 Å². The van der Waals surface area contributed by atoms with Crippen LogP contribution >= 0.6 is 0 Å². The molecule has 1 amide bonds. The van der Waals surface area contributed by atoms with Gasteiger partial charge >= 0.3 is 5.97 Å². The Morgan fingerprint density at radius 1 is 1.67 bits per heavy atom. The summed E-state index contributed by atoms with van der Waals surface area (Å²) in [5.41, 5.74) is -0.605. The molecule has 15 heavy (non-hydrogen) atoms. The summed E-state index contributed by atoms with van der Waals surface area (Å²) < 4.78 is 4.85. The number of nitrogens with zero attached hydrogens (tertiary/aromatic N) is 1. The molecule has 2 heterocycles. The van der Waals surface area contributed by atoms with Crippen LogP contribution in [0.3, 0.4) is 0 Å². The van der Waals surface area contributed by atoms with Crippen molar-refractivity contribution < 1.29 is 14.3 Å². The first kappa shape index (κ1) is 10.4. The lowest BCUT2D eigenvalue weighted by atomic mass is 9.75. The Morgan fingerprint density at radius 3 is 3.07 bits per heavy atom. The van der Waals surface area contributed by atoms with Crippen LogP contribution in [0.1, 0.15) is 12.8 Å². The lowest BCUT2D eigenvalue weighted by molar-refractivity contribution is -0.155. The molecule has 0 aromatic carbocycles. The standard InChI is InChI=1S/C10H16N2O3/c1-12-7-6-11-4-3-10(7,5-8(12)13)9(14)15-2/h7,11H,3-6H2,1-2H3. The zero-order chi connectivity index (χ0) is 11.1. The molecular formula is C10H16N2O3. The van der Waals surface area contributed by atoms with Crippen molar-refractivity contribution in [2.45, 2.75) is 18.9 Å². The van der Waals surface area contributed by atoms with Gasteiger partial charge in [0.25, 0.3) is 0 Å². The van der Waals surface area contributed by atoms with Gasteiger partial charge in [-0.25, -0.2) is 0 Å². The number of ether oxygens (including phenoxy) is 1. The number of methoxy groups -OCH3 is 1. The van der Waals surface area contributed by atoms with Crippen LogP contribution < -0.4 is 5.32 Å². The van der Waals surface area contributed by atoms with Crippen LogP contribution in [-0.2, 0) is 14.3 Å². The van der Waals surface area contributed by atoms with Gasteiger partial charge in [0.15, 0.2) is 0 Å². The largest absolute Gasteiger partial charge is 0.469 e. The maximum absolute atomic E-state index is 11.8.